The molecule has 14 rings (SSSR count). The van der Waals surface area contributed by atoms with Crippen LogP contribution in [0.25, 0.3) is 103 Å². The molecule has 1 aliphatic heterocycles. The summed E-state index contributed by atoms with van der Waals surface area (Å²) in [6.07, 6.45) is 8.50. The average molecular weight is 843 g/mol. The van der Waals surface area contributed by atoms with E-state index >= 15 is 0 Å². The fourth-order valence-corrected chi connectivity index (χ4v) is 11.5. The van der Waals surface area contributed by atoms with Crippen molar-refractivity contribution in [3.8, 4) is 16.8 Å². The SMILES string of the molecule is C1=CC(C2N=C(c3cccc4sc5cc(-c6ccc7c(c6)oc6ccc(-n8c9ccccc9c9ccccc98)cc67)ccc5c34)NC(c3ccc4oc5ccccc5c4c3)N2)=CCC1. The maximum Gasteiger partial charge on any atom is 0.136 e. The van der Waals surface area contributed by atoms with Gasteiger partial charge in [0.2, 0.25) is 0 Å². The van der Waals surface area contributed by atoms with Gasteiger partial charge in [0.05, 0.1) is 11.0 Å². The van der Waals surface area contributed by atoms with Crippen molar-refractivity contribution in [1.29, 1.82) is 0 Å². The van der Waals surface area contributed by atoms with E-state index in [1.807, 2.05) is 23.5 Å². The molecule has 0 amide bonds. The summed E-state index contributed by atoms with van der Waals surface area (Å²) in [5.74, 6) is 0.886. The van der Waals surface area contributed by atoms with E-state index in [4.69, 9.17) is 13.8 Å². The van der Waals surface area contributed by atoms with Crippen LogP contribution in [-0.2, 0) is 0 Å². The third kappa shape index (κ3) is 5.51. The number of benzene rings is 8. The molecule has 8 aromatic carbocycles. The number of amidine groups is 1. The second-order valence-corrected chi connectivity index (χ2v) is 18.1. The molecule has 2 unspecified atom stereocenters. The summed E-state index contributed by atoms with van der Waals surface area (Å²) in [6.45, 7) is 0. The van der Waals surface area contributed by atoms with Crippen LogP contribution in [0.4, 0.5) is 0 Å². The second kappa shape index (κ2) is 13.9. The Morgan fingerprint density at radius 1 is 0.547 bits per heavy atom. The summed E-state index contributed by atoms with van der Waals surface area (Å²) in [5, 5.41) is 17.1. The third-order valence-corrected chi connectivity index (χ3v) is 14.4. The predicted molar refractivity (Wildman–Crippen MR) is 266 cm³/mol. The van der Waals surface area contributed by atoms with Gasteiger partial charge in [0.25, 0.3) is 0 Å². The summed E-state index contributed by atoms with van der Waals surface area (Å²) < 4.78 is 17.6. The quantitative estimate of drug-likeness (QED) is 0.181. The Morgan fingerprint density at radius 2 is 1.25 bits per heavy atom. The van der Waals surface area contributed by atoms with E-state index in [2.05, 4.69) is 185 Å². The monoisotopic (exact) mass is 842 g/mol. The molecule has 0 spiro atoms. The second-order valence-electron chi connectivity index (χ2n) is 17.0. The van der Waals surface area contributed by atoms with Crippen LogP contribution in [0.5, 0.6) is 0 Å². The van der Waals surface area contributed by atoms with Gasteiger partial charge in [-0.25, -0.2) is 4.99 Å². The Hall–Kier alpha value is -7.71. The Labute approximate surface area is 371 Å². The van der Waals surface area contributed by atoms with Crippen LogP contribution in [0.15, 0.2) is 201 Å². The van der Waals surface area contributed by atoms with E-state index in [1.165, 1.54) is 47.6 Å². The van der Waals surface area contributed by atoms with Crippen LogP contribution in [0.2, 0.25) is 0 Å². The Balaban J connectivity index is 0.837. The van der Waals surface area contributed by atoms with Gasteiger partial charge < -0.3 is 18.7 Å². The zero-order valence-corrected chi connectivity index (χ0v) is 35.3. The van der Waals surface area contributed by atoms with E-state index in [0.717, 1.165) is 90.5 Å². The van der Waals surface area contributed by atoms with Crippen LogP contribution in [0.1, 0.15) is 30.1 Å². The molecule has 2 aliphatic rings. The molecule has 0 radical (unpaired) electrons. The molecule has 12 aromatic rings. The first kappa shape index (κ1) is 35.8. The minimum absolute atomic E-state index is 0.174. The first-order chi connectivity index (χ1) is 31.7. The van der Waals surface area contributed by atoms with Crippen LogP contribution < -0.4 is 10.6 Å². The van der Waals surface area contributed by atoms with Crippen molar-refractivity contribution in [2.24, 2.45) is 4.99 Å². The number of aromatic nitrogens is 1. The normalized spacial score (nSPS) is 16.8. The number of hydrogen-bond acceptors (Lipinski definition) is 6. The number of aliphatic imine (C=N–C) groups is 1. The minimum atomic E-state index is -0.199. The lowest BCUT2D eigenvalue weighted by Gasteiger charge is -2.33. The van der Waals surface area contributed by atoms with E-state index in [-0.39, 0.29) is 12.3 Å². The highest BCUT2D eigenvalue weighted by atomic mass is 32.1. The molecule has 6 nitrogen and oxygen atoms in total. The van der Waals surface area contributed by atoms with E-state index in [0.29, 0.717) is 0 Å². The van der Waals surface area contributed by atoms with Crippen molar-refractivity contribution in [1.82, 2.24) is 15.2 Å². The van der Waals surface area contributed by atoms with E-state index < -0.39 is 0 Å². The zero-order valence-electron chi connectivity index (χ0n) is 34.5. The molecule has 5 heterocycles. The summed E-state index contributed by atoms with van der Waals surface area (Å²) >= 11 is 1.83. The van der Waals surface area contributed by atoms with Gasteiger partial charge in [-0.2, -0.15) is 0 Å². The van der Waals surface area contributed by atoms with Gasteiger partial charge in [0.15, 0.2) is 0 Å². The first-order valence-electron chi connectivity index (χ1n) is 22.0. The molecule has 64 heavy (non-hydrogen) atoms. The average Bonchev–Trinajstić information content (AvgIpc) is 4.12. The predicted octanol–water partition coefficient (Wildman–Crippen LogP) is 14.9. The molecule has 0 bridgehead atoms. The number of fused-ring (bicyclic) bond motifs is 12. The Morgan fingerprint density at radius 3 is 2.08 bits per heavy atom. The number of para-hydroxylation sites is 3. The van der Waals surface area contributed by atoms with Crippen molar-refractivity contribution in [3.05, 3.63) is 199 Å². The number of rotatable bonds is 5. The molecule has 0 saturated heterocycles. The molecule has 0 saturated carbocycles. The lowest BCUT2D eigenvalue weighted by Crippen LogP contribution is -2.49. The van der Waals surface area contributed by atoms with Crippen LogP contribution in [-0.4, -0.2) is 16.6 Å². The van der Waals surface area contributed by atoms with Crippen LogP contribution >= 0.6 is 11.3 Å². The maximum absolute atomic E-state index is 6.56. The summed E-state index contributed by atoms with van der Waals surface area (Å²) in [5.41, 5.74) is 12.8. The number of furan rings is 2. The highest BCUT2D eigenvalue weighted by molar-refractivity contribution is 7.26. The van der Waals surface area contributed by atoms with Gasteiger partial charge in [-0.3, -0.25) is 5.32 Å². The lowest BCUT2D eigenvalue weighted by molar-refractivity contribution is 0.434. The number of thiophene rings is 1. The van der Waals surface area contributed by atoms with Gasteiger partial charge in [0, 0.05) is 63.7 Å². The molecular formula is C57H38N4O2S. The maximum atomic E-state index is 6.56. The molecule has 2 N–H and O–H groups in total. The summed E-state index contributed by atoms with van der Waals surface area (Å²) in [7, 11) is 0. The van der Waals surface area contributed by atoms with Gasteiger partial charge in [-0.15, -0.1) is 11.3 Å². The van der Waals surface area contributed by atoms with Gasteiger partial charge in [0.1, 0.15) is 40.5 Å². The van der Waals surface area contributed by atoms with Crippen molar-refractivity contribution >= 4 is 103 Å². The molecule has 1 aliphatic carbocycles. The Bertz CT molecular complexity index is 3950. The van der Waals surface area contributed by atoms with E-state index in [1.54, 1.807) is 0 Å². The van der Waals surface area contributed by atoms with Crippen LogP contribution in [0.3, 0.4) is 0 Å². The van der Waals surface area contributed by atoms with Crippen molar-refractivity contribution in [3.63, 3.8) is 0 Å². The Kier molecular flexibility index (Phi) is 7.78. The minimum Gasteiger partial charge on any atom is -0.456 e. The molecule has 304 valence electrons. The summed E-state index contributed by atoms with van der Waals surface area (Å²) in [6, 6.07) is 58.8. The van der Waals surface area contributed by atoms with Crippen molar-refractivity contribution < 1.29 is 8.83 Å². The number of nitrogens with one attached hydrogen (secondary N) is 2. The first-order valence-corrected chi connectivity index (χ1v) is 22.8. The molecule has 0 fully saturated rings. The van der Waals surface area contributed by atoms with Crippen molar-refractivity contribution in [2.75, 3.05) is 0 Å². The molecule has 4 aromatic heterocycles. The van der Waals surface area contributed by atoms with Crippen LogP contribution in [0, 0.1) is 0 Å². The molecule has 2 atom stereocenters. The third-order valence-electron chi connectivity index (χ3n) is 13.3. The number of nitrogens with zero attached hydrogens (tertiary/aromatic N) is 2. The number of allylic oxidation sites excluding steroid dienone is 2. The fraction of sp³-hybridized carbons (Fsp3) is 0.0702. The smallest absolute Gasteiger partial charge is 0.136 e. The van der Waals surface area contributed by atoms with Gasteiger partial charge in [-0.05, 0) is 108 Å². The number of hydrogen-bond donors (Lipinski definition) is 2. The van der Waals surface area contributed by atoms with Gasteiger partial charge >= 0.3 is 0 Å². The largest absolute Gasteiger partial charge is 0.456 e. The van der Waals surface area contributed by atoms with Gasteiger partial charge in [-0.1, -0.05) is 109 Å². The standard InChI is InChI=1S/C57H38N4O2S/c1-2-11-33(12-3-1)55-58-56(36-23-27-49-44(29-36)40-15-6-9-19-48(40)62-49)60-57(59-55)43-16-10-20-52-54(43)42-26-22-35(31-53(42)64-52)34-21-25-41-45-32-37(24-28-50(45)63-51(41)30-34)61-46-17-7-4-13-38(46)39-14-5-8-18-47(39)61/h2,4-32,55-56,58H,1,3H2,(H,59,60). The summed E-state index contributed by atoms with van der Waals surface area (Å²) in [4.78, 5) is 5.40. The lowest BCUT2D eigenvalue weighted by atomic mass is 9.99. The highest BCUT2D eigenvalue weighted by Crippen LogP contribution is 2.41. The molecular weight excluding hydrogens is 805 g/mol. The zero-order chi connectivity index (χ0) is 41.9. The molecule has 7 heteroatoms. The van der Waals surface area contributed by atoms with Crippen molar-refractivity contribution in [2.45, 2.75) is 25.2 Å². The fourth-order valence-electron chi connectivity index (χ4n) is 10.3. The van der Waals surface area contributed by atoms with E-state index in [9.17, 15) is 0 Å². The highest BCUT2D eigenvalue weighted by Gasteiger charge is 2.28. The topological polar surface area (TPSA) is 67.6 Å².